The van der Waals surface area contributed by atoms with E-state index >= 15 is 0 Å². The second kappa shape index (κ2) is 7.43. The van der Waals surface area contributed by atoms with Crippen molar-refractivity contribution in [2.24, 2.45) is 5.73 Å². The van der Waals surface area contributed by atoms with Gasteiger partial charge in [0.25, 0.3) is 0 Å². The van der Waals surface area contributed by atoms with Gasteiger partial charge in [0.15, 0.2) is 0 Å². The van der Waals surface area contributed by atoms with Crippen molar-refractivity contribution in [3.8, 4) is 0 Å². The first kappa shape index (κ1) is 18.3. The van der Waals surface area contributed by atoms with Crippen LogP contribution in [-0.4, -0.2) is 27.5 Å². The molecule has 2 amide bonds. The van der Waals surface area contributed by atoms with Crippen molar-refractivity contribution >= 4 is 50.8 Å². The lowest BCUT2D eigenvalue weighted by molar-refractivity contribution is -0.113. The lowest BCUT2D eigenvalue weighted by Gasteiger charge is -2.07. The van der Waals surface area contributed by atoms with Crippen LogP contribution in [0.1, 0.15) is 26.6 Å². The molecule has 0 radical (unpaired) electrons. The number of nitrogens with one attached hydrogen (secondary N) is 1. The van der Waals surface area contributed by atoms with Crippen molar-refractivity contribution in [1.82, 2.24) is 9.97 Å². The normalized spacial score (nSPS) is 10.9. The first-order chi connectivity index (χ1) is 12.3. The zero-order chi connectivity index (χ0) is 18.8. The lowest BCUT2D eigenvalue weighted by Crippen LogP contribution is -2.15. The van der Waals surface area contributed by atoms with E-state index in [-0.39, 0.29) is 11.7 Å². The second-order valence-corrected chi connectivity index (χ2v) is 7.99. The number of hydrogen-bond donors (Lipinski definition) is 2. The third-order valence-corrected chi connectivity index (χ3v) is 5.98. The molecule has 0 unspecified atom stereocenters. The van der Waals surface area contributed by atoms with Crippen LogP contribution in [0.2, 0.25) is 0 Å². The second-order valence-electron chi connectivity index (χ2n) is 5.82. The smallest absolute Gasteiger partial charge is 0.248 e. The molecule has 3 N–H and O–H groups in total. The van der Waals surface area contributed by atoms with Gasteiger partial charge in [-0.1, -0.05) is 11.8 Å². The van der Waals surface area contributed by atoms with E-state index in [1.54, 1.807) is 35.6 Å². The number of anilines is 1. The number of fused-ring (bicyclic) bond motifs is 1. The summed E-state index contributed by atoms with van der Waals surface area (Å²) in [5.74, 6) is 0.292. The molecule has 0 atom stereocenters. The summed E-state index contributed by atoms with van der Waals surface area (Å²) in [7, 11) is 0. The predicted octanol–water partition coefficient (Wildman–Crippen LogP) is 3.45. The molecule has 0 spiro atoms. The molecule has 6 nitrogen and oxygen atoms in total. The average Bonchev–Trinajstić information content (AvgIpc) is 2.87. The van der Waals surface area contributed by atoms with Crippen molar-refractivity contribution in [1.29, 1.82) is 0 Å². The Hall–Kier alpha value is -2.45. The maximum absolute atomic E-state index is 12.3. The summed E-state index contributed by atoms with van der Waals surface area (Å²) in [4.78, 5) is 34.5. The van der Waals surface area contributed by atoms with E-state index in [4.69, 9.17) is 5.73 Å². The molecule has 26 heavy (non-hydrogen) atoms. The number of aryl methyl sites for hydroxylation is 3. The maximum Gasteiger partial charge on any atom is 0.248 e. The molecule has 3 aromatic rings. The Morgan fingerprint density at radius 1 is 1.15 bits per heavy atom. The molecule has 2 aromatic heterocycles. The van der Waals surface area contributed by atoms with E-state index in [9.17, 15) is 9.59 Å². The summed E-state index contributed by atoms with van der Waals surface area (Å²) in [5, 5.41) is 4.66. The van der Waals surface area contributed by atoms with Gasteiger partial charge in [-0.15, -0.1) is 11.3 Å². The molecule has 0 saturated heterocycles. The average molecular weight is 387 g/mol. The molecule has 3 rings (SSSR count). The van der Waals surface area contributed by atoms with E-state index in [2.05, 4.69) is 29.1 Å². The van der Waals surface area contributed by atoms with Crippen molar-refractivity contribution in [3.05, 3.63) is 46.1 Å². The van der Waals surface area contributed by atoms with Crippen LogP contribution in [0.15, 0.2) is 29.3 Å². The Balaban J connectivity index is 1.71. The Labute approximate surface area is 159 Å². The number of carbonyl (C=O) groups is 2. The molecule has 0 aliphatic rings. The van der Waals surface area contributed by atoms with E-state index in [1.165, 1.54) is 16.6 Å². The van der Waals surface area contributed by atoms with Crippen molar-refractivity contribution < 1.29 is 9.59 Å². The van der Waals surface area contributed by atoms with Crippen LogP contribution in [0.4, 0.5) is 5.69 Å². The van der Waals surface area contributed by atoms with Gasteiger partial charge >= 0.3 is 0 Å². The van der Waals surface area contributed by atoms with Gasteiger partial charge in [0.1, 0.15) is 15.7 Å². The van der Waals surface area contributed by atoms with E-state index in [0.717, 1.165) is 20.8 Å². The number of carbonyl (C=O) groups excluding carboxylic acids is 2. The number of nitrogens with zero attached hydrogens (tertiary/aromatic N) is 2. The quantitative estimate of drug-likeness (QED) is 0.517. The monoisotopic (exact) mass is 386 g/mol. The van der Waals surface area contributed by atoms with Crippen LogP contribution in [0.3, 0.4) is 0 Å². The molecule has 8 heteroatoms. The summed E-state index contributed by atoms with van der Waals surface area (Å²) in [6, 6.07) is 6.48. The summed E-state index contributed by atoms with van der Waals surface area (Å²) in [6.45, 7) is 5.97. The first-order valence-electron chi connectivity index (χ1n) is 7.92. The standard InChI is InChI=1S/C18H18N4O2S2/c1-9-10(2)26-18-15(9)17(20-11(3)21-18)25-8-14(23)22-13-6-4-12(5-7-13)16(19)24/h4-7H,8H2,1-3H3,(H2,19,24)(H,22,23). The van der Waals surface area contributed by atoms with E-state index < -0.39 is 5.91 Å². The highest BCUT2D eigenvalue weighted by Gasteiger charge is 2.15. The number of thiophene rings is 1. The lowest BCUT2D eigenvalue weighted by atomic mass is 10.2. The van der Waals surface area contributed by atoms with Gasteiger partial charge in [-0.3, -0.25) is 9.59 Å². The Bertz CT molecular complexity index is 997. The number of thioether (sulfide) groups is 1. The molecular formula is C18H18N4O2S2. The van der Waals surface area contributed by atoms with Crippen LogP contribution >= 0.6 is 23.1 Å². The van der Waals surface area contributed by atoms with Gasteiger partial charge in [0, 0.05) is 21.5 Å². The number of aromatic nitrogens is 2. The zero-order valence-corrected chi connectivity index (χ0v) is 16.3. The minimum absolute atomic E-state index is 0.143. The van der Waals surface area contributed by atoms with Crippen LogP contribution in [0.25, 0.3) is 10.2 Å². The summed E-state index contributed by atoms with van der Waals surface area (Å²) < 4.78 is 0. The summed E-state index contributed by atoms with van der Waals surface area (Å²) in [6.07, 6.45) is 0. The van der Waals surface area contributed by atoms with Gasteiger partial charge in [0.2, 0.25) is 11.8 Å². The number of rotatable bonds is 5. The van der Waals surface area contributed by atoms with Crippen LogP contribution < -0.4 is 11.1 Å². The minimum Gasteiger partial charge on any atom is -0.366 e. The fourth-order valence-corrected chi connectivity index (χ4v) is 4.54. The molecule has 134 valence electrons. The molecule has 2 heterocycles. The Morgan fingerprint density at radius 2 is 1.85 bits per heavy atom. The van der Waals surface area contributed by atoms with Crippen LogP contribution in [0.5, 0.6) is 0 Å². The topological polar surface area (TPSA) is 98.0 Å². The van der Waals surface area contributed by atoms with Crippen LogP contribution in [-0.2, 0) is 4.79 Å². The maximum atomic E-state index is 12.3. The van der Waals surface area contributed by atoms with E-state index in [1.807, 2.05) is 6.92 Å². The van der Waals surface area contributed by atoms with Gasteiger partial charge in [0.05, 0.1) is 5.75 Å². The molecule has 0 aliphatic heterocycles. The van der Waals surface area contributed by atoms with Crippen molar-refractivity contribution in [3.63, 3.8) is 0 Å². The van der Waals surface area contributed by atoms with Crippen molar-refractivity contribution in [2.45, 2.75) is 25.8 Å². The van der Waals surface area contributed by atoms with Crippen LogP contribution in [0, 0.1) is 20.8 Å². The highest BCUT2D eigenvalue weighted by molar-refractivity contribution is 8.00. The Morgan fingerprint density at radius 3 is 2.50 bits per heavy atom. The fourth-order valence-electron chi connectivity index (χ4n) is 2.47. The number of nitrogens with two attached hydrogens (primary N) is 1. The van der Waals surface area contributed by atoms with Gasteiger partial charge in [-0.2, -0.15) is 0 Å². The highest BCUT2D eigenvalue weighted by Crippen LogP contribution is 2.35. The predicted molar refractivity (Wildman–Crippen MR) is 106 cm³/mol. The molecular weight excluding hydrogens is 368 g/mol. The summed E-state index contributed by atoms with van der Waals surface area (Å²) >= 11 is 3.04. The van der Waals surface area contributed by atoms with Crippen molar-refractivity contribution in [2.75, 3.05) is 11.1 Å². The number of hydrogen-bond acceptors (Lipinski definition) is 6. The third kappa shape index (κ3) is 3.86. The number of benzene rings is 1. The Kier molecular flexibility index (Phi) is 5.24. The highest BCUT2D eigenvalue weighted by atomic mass is 32.2. The largest absolute Gasteiger partial charge is 0.366 e. The summed E-state index contributed by atoms with van der Waals surface area (Å²) in [5.41, 5.74) is 7.39. The fraction of sp³-hybridized carbons (Fsp3) is 0.222. The molecule has 0 bridgehead atoms. The SMILES string of the molecule is Cc1nc(SCC(=O)Nc2ccc(C(N)=O)cc2)c2c(C)c(C)sc2n1. The minimum atomic E-state index is -0.497. The van der Waals surface area contributed by atoms with Gasteiger partial charge in [-0.05, 0) is 50.6 Å². The molecule has 0 saturated carbocycles. The number of primary amides is 1. The number of amides is 2. The molecule has 0 aliphatic carbocycles. The first-order valence-corrected chi connectivity index (χ1v) is 9.72. The van der Waals surface area contributed by atoms with Gasteiger partial charge in [-0.25, -0.2) is 9.97 Å². The molecule has 0 fully saturated rings. The van der Waals surface area contributed by atoms with Gasteiger partial charge < -0.3 is 11.1 Å². The molecule has 1 aromatic carbocycles. The van der Waals surface area contributed by atoms with E-state index in [0.29, 0.717) is 17.1 Å². The zero-order valence-electron chi connectivity index (χ0n) is 14.6. The third-order valence-electron chi connectivity index (χ3n) is 3.90.